The van der Waals surface area contributed by atoms with Gasteiger partial charge in [0.25, 0.3) is 5.91 Å². The summed E-state index contributed by atoms with van der Waals surface area (Å²) in [5, 5.41) is 10.8. The highest BCUT2D eigenvalue weighted by molar-refractivity contribution is 6.24. The van der Waals surface area contributed by atoms with E-state index in [1.807, 2.05) is 18.2 Å². The average molecular weight is 537 g/mol. The van der Waals surface area contributed by atoms with Gasteiger partial charge < -0.3 is 29.8 Å². The molecule has 2 rings (SSSR count). The topological polar surface area (TPSA) is 103 Å². The van der Waals surface area contributed by atoms with Gasteiger partial charge in [-0.2, -0.15) is 0 Å². The van der Waals surface area contributed by atoms with Crippen LogP contribution in [0.4, 0.5) is 0 Å². The van der Waals surface area contributed by atoms with E-state index in [0.29, 0.717) is 48.4 Å². The Morgan fingerprint density at radius 3 is 2.38 bits per heavy atom. The van der Waals surface area contributed by atoms with Crippen LogP contribution in [-0.2, 0) is 11.2 Å². The molecule has 0 fully saturated rings. The number of aliphatic hydroxyl groups excluding tert-OH is 1. The summed E-state index contributed by atoms with van der Waals surface area (Å²) >= 11 is 6.25. The normalized spacial score (nSPS) is 13.6. The number of ether oxygens (including phenoxy) is 4. The Bertz CT molecular complexity index is 973. The van der Waals surface area contributed by atoms with Crippen molar-refractivity contribution in [3.8, 4) is 17.2 Å². The average Bonchev–Trinajstić information content (AvgIpc) is 2.90. The summed E-state index contributed by atoms with van der Waals surface area (Å²) in [6.07, 6.45) is 1.10. The van der Waals surface area contributed by atoms with E-state index in [1.165, 1.54) is 7.11 Å². The third kappa shape index (κ3) is 9.38. The van der Waals surface area contributed by atoms with E-state index in [1.54, 1.807) is 38.5 Å². The predicted octanol–water partition coefficient (Wildman–Crippen LogP) is 4.31. The lowest BCUT2D eigenvalue weighted by Gasteiger charge is -2.29. The largest absolute Gasteiger partial charge is 0.496 e. The zero-order valence-electron chi connectivity index (χ0n) is 22.5. The molecule has 0 saturated carbocycles. The van der Waals surface area contributed by atoms with Gasteiger partial charge in [0.2, 0.25) is 0 Å². The number of hydrogen-bond acceptors (Lipinski definition) is 7. The van der Waals surface area contributed by atoms with Crippen LogP contribution in [0, 0.1) is 11.8 Å². The van der Waals surface area contributed by atoms with Crippen LogP contribution in [-0.4, -0.2) is 68.7 Å². The van der Waals surface area contributed by atoms with Crippen LogP contribution in [0.3, 0.4) is 0 Å². The molecule has 0 aromatic heterocycles. The molecule has 8 nitrogen and oxygen atoms in total. The molecule has 0 spiro atoms. The molecule has 3 atom stereocenters. The highest BCUT2D eigenvalue weighted by atomic mass is 35.5. The number of amides is 1. The number of hydrogen-bond donors (Lipinski definition) is 2. The molecule has 37 heavy (non-hydrogen) atoms. The van der Waals surface area contributed by atoms with E-state index in [9.17, 15) is 9.90 Å². The number of para-hydroxylation sites is 1. The Kier molecular flexibility index (Phi) is 13.0. The molecular weight excluding hydrogens is 496 g/mol. The molecular formula is C28H41ClN2O6. The van der Waals surface area contributed by atoms with Gasteiger partial charge >= 0.3 is 0 Å². The number of methoxy groups -OCH3 is 3. The second-order valence-electron chi connectivity index (χ2n) is 9.41. The summed E-state index contributed by atoms with van der Waals surface area (Å²) in [5.41, 5.74) is 7.81. The van der Waals surface area contributed by atoms with Crippen LogP contribution in [0.25, 0.3) is 0 Å². The number of carbonyl (C=O) groups is 1. The van der Waals surface area contributed by atoms with Crippen molar-refractivity contribution in [2.45, 2.75) is 45.3 Å². The van der Waals surface area contributed by atoms with Crippen molar-refractivity contribution in [3.05, 3.63) is 53.6 Å². The lowest BCUT2D eigenvalue weighted by atomic mass is 9.83. The first-order valence-corrected chi connectivity index (χ1v) is 12.9. The van der Waals surface area contributed by atoms with Gasteiger partial charge in [0.15, 0.2) is 11.5 Å². The van der Waals surface area contributed by atoms with Crippen LogP contribution in [0.2, 0.25) is 0 Å². The first-order chi connectivity index (χ1) is 17.7. The minimum atomic E-state index is -0.993. The molecule has 0 aliphatic carbocycles. The third-order valence-electron chi connectivity index (χ3n) is 6.39. The van der Waals surface area contributed by atoms with Crippen LogP contribution in [0.5, 0.6) is 17.2 Å². The van der Waals surface area contributed by atoms with Crippen LogP contribution in [0.15, 0.2) is 42.5 Å². The van der Waals surface area contributed by atoms with Crippen molar-refractivity contribution in [2.24, 2.45) is 17.6 Å². The molecule has 0 saturated heterocycles. The van der Waals surface area contributed by atoms with E-state index in [-0.39, 0.29) is 12.5 Å². The van der Waals surface area contributed by atoms with Gasteiger partial charge in [0.05, 0.1) is 39.0 Å². The van der Waals surface area contributed by atoms with Gasteiger partial charge in [-0.15, -0.1) is 0 Å². The first-order valence-electron chi connectivity index (χ1n) is 12.5. The molecule has 2 aromatic carbocycles. The van der Waals surface area contributed by atoms with Crippen molar-refractivity contribution >= 4 is 17.7 Å². The molecule has 0 heterocycles. The van der Waals surface area contributed by atoms with Crippen LogP contribution >= 0.6 is 11.8 Å². The van der Waals surface area contributed by atoms with Crippen molar-refractivity contribution in [2.75, 3.05) is 41.1 Å². The van der Waals surface area contributed by atoms with Gasteiger partial charge in [0.1, 0.15) is 5.75 Å². The maximum absolute atomic E-state index is 12.8. The molecule has 0 unspecified atom stereocenters. The lowest BCUT2D eigenvalue weighted by molar-refractivity contribution is 0.0718. The second kappa shape index (κ2) is 15.7. The standard InChI is InChI=1S/C28H41ClN2O6/c1-19(2)21(15-20-11-12-26(36-5)27(16-20)37-14-8-13-34-3)17-23(30)24(32)18-31(29)28(33)22-9-6-7-10-25(22)35-4/h6-7,9-12,16,19,21,23-24,32H,8,13-15,17-18,30H2,1-5H3/t21-,23-,24-/m0/s1. The lowest BCUT2D eigenvalue weighted by Crippen LogP contribution is -2.44. The van der Waals surface area contributed by atoms with Gasteiger partial charge in [0, 0.05) is 38.0 Å². The molecule has 0 aliphatic heterocycles. The highest BCUT2D eigenvalue weighted by Crippen LogP contribution is 2.31. The van der Waals surface area contributed by atoms with E-state index < -0.39 is 18.1 Å². The fourth-order valence-electron chi connectivity index (χ4n) is 4.08. The maximum Gasteiger partial charge on any atom is 0.272 e. The van der Waals surface area contributed by atoms with E-state index >= 15 is 0 Å². The van der Waals surface area contributed by atoms with Gasteiger partial charge in [-0.1, -0.05) is 32.0 Å². The number of benzene rings is 2. The molecule has 9 heteroatoms. The van der Waals surface area contributed by atoms with Crippen molar-refractivity contribution in [3.63, 3.8) is 0 Å². The van der Waals surface area contributed by atoms with Crippen molar-refractivity contribution in [1.29, 1.82) is 0 Å². The predicted molar refractivity (Wildman–Crippen MR) is 145 cm³/mol. The summed E-state index contributed by atoms with van der Waals surface area (Å²) in [6, 6.07) is 12.2. The molecule has 1 amide bonds. The third-order valence-corrected chi connectivity index (χ3v) is 6.68. The molecule has 3 N–H and O–H groups in total. The number of nitrogens with zero attached hydrogens (tertiary/aromatic N) is 1. The van der Waals surface area contributed by atoms with Gasteiger partial charge in [-0.25, -0.2) is 4.42 Å². The second-order valence-corrected chi connectivity index (χ2v) is 9.81. The summed E-state index contributed by atoms with van der Waals surface area (Å²) < 4.78 is 22.7. The van der Waals surface area contributed by atoms with E-state index in [4.69, 9.17) is 36.5 Å². The van der Waals surface area contributed by atoms with Gasteiger partial charge in [-0.05, 0) is 54.5 Å². The Morgan fingerprint density at radius 1 is 1.03 bits per heavy atom. The zero-order valence-corrected chi connectivity index (χ0v) is 23.2. The smallest absolute Gasteiger partial charge is 0.272 e. The Morgan fingerprint density at radius 2 is 1.73 bits per heavy atom. The fraction of sp³-hybridized carbons (Fsp3) is 0.536. The summed E-state index contributed by atoms with van der Waals surface area (Å²) in [6.45, 7) is 5.32. The quantitative estimate of drug-likeness (QED) is 0.243. The highest BCUT2D eigenvalue weighted by Gasteiger charge is 2.27. The van der Waals surface area contributed by atoms with Crippen molar-refractivity contribution < 1.29 is 28.8 Å². The minimum absolute atomic E-state index is 0.105. The Hall–Kier alpha value is -2.52. The summed E-state index contributed by atoms with van der Waals surface area (Å²) in [7, 11) is 4.77. The number of rotatable bonds is 16. The monoisotopic (exact) mass is 536 g/mol. The molecule has 0 bridgehead atoms. The maximum atomic E-state index is 12.8. The number of carbonyl (C=O) groups excluding carboxylic acids is 1. The van der Waals surface area contributed by atoms with Crippen molar-refractivity contribution in [1.82, 2.24) is 4.42 Å². The number of nitrogens with two attached hydrogens (primary N) is 1. The molecule has 2 aromatic rings. The van der Waals surface area contributed by atoms with Crippen LogP contribution < -0.4 is 19.9 Å². The minimum Gasteiger partial charge on any atom is -0.496 e. The summed E-state index contributed by atoms with van der Waals surface area (Å²) in [5.74, 6) is 1.83. The van der Waals surface area contributed by atoms with E-state index in [2.05, 4.69) is 13.8 Å². The SMILES string of the molecule is COCCCOc1cc(C[C@@H](C[C@H](N)[C@@H](O)CN(Cl)C(=O)c2ccccc2OC)C(C)C)ccc1OC. The molecule has 206 valence electrons. The van der Waals surface area contributed by atoms with E-state index in [0.717, 1.165) is 22.8 Å². The zero-order chi connectivity index (χ0) is 27.4. The van der Waals surface area contributed by atoms with Gasteiger partial charge in [-0.3, -0.25) is 4.79 Å². The first kappa shape index (κ1) is 30.7. The molecule has 0 radical (unpaired) electrons. The van der Waals surface area contributed by atoms with Crippen LogP contribution in [0.1, 0.15) is 42.6 Å². The number of aliphatic hydroxyl groups is 1. The Balaban J connectivity index is 2.02. The number of halogens is 1. The fourth-order valence-corrected chi connectivity index (χ4v) is 4.31. The Labute approximate surface area is 225 Å². The summed E-state index contributed by atoms with van der Waals surface area (Å²) in [4.78, 5) is 12.8. The molecule has 0 aliphatic rings.